The zero-order valence-corrected chi connectivity index (χ0v) is 27.3. The number of hydrogen-bond donors (Lipinski definition) is 3. The van der Waals surface area contributed by atoms with E-state index < -0.39 is 88.9 Å². The number of epoxide rings is 1. The van der Waals surface area contributed by atoms with Gasteiger partial charge in [-0.3, -0.25) is 4.79 Å². The zero-order valence-electron chi connectivity index (χ0n) is 27.3. The Kier molecular flexibility index (Phi) is 7.65. The molecule has 2 saturated carbocycles. The molecular weight excluding hydrogens is 604 g/mol. The summed E-state index contributed by atoms with van der Waals surface area (Å²) >= 11 is 0. The number of fused-ring (bicyclic) bond motifs is 3. The summed E-state index contributed by atoms with van der Waals surface area (Å²) in [4.78, 5) is 27.6. The molecule has 10 nitrogen and oxygen atoms in total. The van der Waals surface area contributed by atoms with Crippen LogP contribution in [-0.2, 0) is 28.5 Å². The lowest BCUT2D eigenvalue weighted by molar-refractivity contribution is -0.407. The van der Waals surface area contributed by atoms with Crippen molar-refractivity contribution >= 4 is 11.8 Å². The summed E-state index contributed by atoms with van der Waals surface area (Å²) in [7, 11) is 0. The third kappa shape index (κ3) is 4.16. The molecule has 5 fully saturated rings. The van der Waals surface area contributed by atoms with E-state index >= 15 is 0 Å². The van der Waals surface area contributed by atoms with E-state index in [0.29, 0.717) is 11.1 Å². The van der Waals surface area contributed by atoms with Gasteiger partial charge in [0.1, 0.15) is 30.0 Å². The smallest absolute Gasteiger partial charge is 0.338 e. The topological polar surface area (TPSA) is 144 Å². The van der Waals surface area contributed by atoms with Gasteiger partial charge in [0.15, 0.2) is 17.0 Å². The van der Waals surface area contributed by atoms with Gasteiger partial charge in [0, 0.05) is 23.8 Å². The van der Waals surface area contributed by atoms with Crippen LogP contribution in [0.2, 0.25) is 0 Å². The van der Waals surface area contributed by atoms with Gasteiger partial charge < -0.3 is 39.0 Å². The van der Waals surface area contributed by atoms with E-state index in [-0.39, 0.29) is 5.57 Å². The maximum absolute atomic E-state index is 13.8. The van der Waals surface area contributed by atoms with Crippen molar-refractivity contribution in [1.29, 1.82) is 0 Å². The number of unbranched alkanes of at least 4 members (excludes halogenated alkanes) is 3. The summed E-state index contributed by atoms with van der Waals surface area (Å²) in [5.74, 6) is -5.81. The SMILES string of the molecule is C=C(C)[C@]12O[C@]3(/C=C/C=C/CCCCC)O[C@@H]1[C@@H]1C4O[C@]4(CO)C(O)[C@]4(O)C(=O)C(C)=C[C@@H]4[C@@]1(O3)C(C)C2OC(=O)c1ccccc1. The first kappa shape index (κ1) is 32.6. The van der Waals surface area contributed by atoms with Crippen LogP contribution in [0.15, 0.2) is 78.4 Å². The normalized spacial score (nSPS) is 45.8. The third-order valence-electron chi connectivity index (χ3n) is 11.5. The molecule has 47 heavy (non-hydrogen) atoms. The molecular formula is C37H44O10. The highest BCUT2D eigenvalue weighted by Crippen LogP contribution is 2.73. The number of esters is 1. The lowest BCUT2D eigenvalue weighted by atomic mass is 9.53. The monoisotopic (exact) mass is 648 g/mol. The Labute approximate surface area is 274 Å². The van der Waals surface area contributed by atoms with Crippen LogP contribution in [0.25, 0.3) is 0 Å². The molecule has 1 aromatic carbocycles. The molecule has 3 heterocycles. The average molecular weight is 649 g/mol. The lowest BCUT2D eigenvalue weighted by Crippen LogP contribution is -2.76. The number of aliphatic hydroxyl groups excluding tert-OH is 2. The van der Waals surface area contributed by atoms with Crippen LogP contribution in [0.1, 0.15) is 63.7 Å². The Hall–Kier alpha value is -2.96. The Morgan fingerprint density at radius 1 is 1.11 bits per heavy atom. The first-order valence-corrected chi connectivity index (χ1v) is 16.7. The van der Waals surface area contributed by atoms with Gasteiger partial charge in [-0.1, -0.05) is 75.8 Å². The first-order valence-electron chi connectivity index (χ1n) is 16.7. The van der Waals surface area contributed by atoms with Gasteiger partial charge in [0.05, 0.1) is 17.8 Å². The minimum atomic E-state index is -2.41. The van der Waals surface area contributed by atoms with Crippen LogP contribution in [-0.4, -0.2) is 86.5 Å². The minimum absolute atomic E-state index is 0.238. The Morgan fingerprint density at radius 2 is 1.85 bits per heavy atom. The molecule has 12 atom stereocenters. The van der Waals surface area contributed by atoms with Crippen molar-refractivity contribution in [3.05, 3.63) is 84.0 Å². The number of ketones is 1. The van der Waals surface area contributed by atoms with Crippen LogP contribution in [0.3, 0.4) is 0 Å². The molecule has 0 amide bonds. The van der Waals surface area contributed by atoms with Gasteiger partial charge >= 0.3 is 11.9 Å². The van der Waals surface area contributed by atoms with Crippen LogP contribution in [0.4, 0.5) is 0 Å². The summed E-state index contributed by atoms with van der Waals surface area (Å²) < 4.78 is 33.2. The number of aliphatic hydroxyl groups is 3. The standard InChI is InChI=1S/C37H44O10/c1-6-7-8-9-10-11-15-18-34-45-30-26-29-33(20-38,44-29)32(41)35(42)25(19-22(4)27(35)39)37(26,47-34)23(5)28(36(30,46-34)21(2)3)43-31(40)24-16-13-12-14-17-24/h10-19,23,25-26,28-30,32,38,41-42H,2,6-9,20H2,1,3-5H3/b11-10+,18-15+/t23?,25-,26-,28?,29?,30+,32?,33-,34-,35+,36+,37-/m0/s1. The predicted molar refractivity (Wildman–Crippen MR) is 169 cm³/mol. The van der Waals surface area contributed by atoms with Crippen LogP contribution in [0, 0.1) is 17.8 Å². The van der Waals surface area contributed by atoms with E-state index in [4.69, 9.17) is 23.7 Å². The molecule has 0 radical (unpaired) electrons. The fourth-order valence-electron chi connectivity index (χ4n) is 9.24. The molecule has 3 aliphatic carbocycles. The fraction of sp³-hybridized carbons (Fsp3) is 0.568. The molecule has 1 aromatic rings. The van der Waals surface area contributed by atoms with E-state index in [1.807, 2.05) is 19.1 Å². The van der Waals surface area contributed by atoms with Crippen LogP contribution < -0.4 is 0 Å². The van der Waals surface area contributed by atoms with Gasteiger partial charge in [-0.15, -0.1) is 0 Å². The van der Waals surface area contributed by atoms with E-state index in [0.717, 1.165) is 25.7 Å². The highest BCUT2D eigenvalue weighted by molar-refractivity contribution is 6.05. The Balaban J connectivity index is 1.41. The number of benzene rings is 1. The second-order valence-corrected chi connectivity index (χ2v) is 14.1. The molecule has 0 spiro atoms. The molecule has 3 N–H and O–H groups in total. The van der Waals surface area contributed by atoms with E-state index in [2.05, 4.69) is 13.5 Å². The van der Waals surface area contributed by atoms with Crippen molar-refractivity contribution in [2.24, 2.45) is 17.8 Å². The van der Waals surface area contributed by atoms with Crippen molar-refractivity contribution in [2.75, 3.05) is 6.61 Å². The molecule has 3 bridgehead atoms. The van der Waals surface area contributed by atoms with E-state index in [1.54, 1.807) is 62.4 Å². The number of ether oxygens (including phenoxy) is 5. The second kappa shape index (κ2) is 11.0. The minimum Gasteiger partial charge on any atom is -0.455 e. The summed E-state index contributed by atoms with van der Waals surface area (Å²) in [6, 6.07) is 8.57. The largest absolute Gasteiger partial charge is 0.455 e. The maximum Gasteiger partial charge on any atom is 0.338 e. The van der Waals surface area contributed by atoms with E-state index in [1.165, 1.54) is 0 Å². The molecule has 252 valence electrons. The molecule has 10 heteroatoms. The summed E-state index contributed by atoms with van der Waals surface area (Å²) in [6.07, 6.45) is 8.51. The second-order valence-electron chi connectivity index (χ2n) is 14.1. The predicted octanol–water partition coefficient (Wildman–Crippen LogP) is 3.70. The van der Waals surface area contributed by atoms with Gasteiger partial charge in [-0.05, 0) is 50.0 Å². The number of carbonyl (C=O) groups excluding carboxylic acids is 2. The summed E-state index contributed by atoms with van der Waals surface area (Å²) in [5, 5.41) is 34.9. The number of rotatable bonds is 10. The molecule has 3 aliphatic heterocycles. The van der Waals surface area contributed by atoms with Gasteiger partial charge in [0.25, 0.3) is 0 Å². The van der Waals surface area contributed by atoms with Crippen molar-refractivity contribution in [1.82, 2.24) is 0 Å². The highest BCUT2D eigenvalue weighted by Gasteiger charge is 2.90. The van der Waals surface area contributed by atoms with Crippen LogP contribution in [0.5, 0.6) is 0 Å². The van der Waals surface area contributed by atoms with Crippen molar-refractivity contribution in [3.8, 4) is 0 Å². The Bertz CT molecular complexity index is 1570. The lowest BCUT2D eigenvalue weighted by Gasteiger charge is -2.61. The number of carbonyl (C=O) groups is 2. The van der Waals surface area contributed by atoms with Gasteiger partial charge in [-0.25, -0.2) is 4.79 Å². The van der Waals surface area contributed by atoms with E-state index in [9.17, 15) is 24.9 Å². The number of Topliss-reactive ketones (excluding diaryl/α,β-unsaturated/α-hetero) is 1. The maximum atomic E-state index is 13.8. The molecule has 7 rings (SSSR count). The molecule has 6 aliphatic rings. The molecule has 0 aromatic heterocycles. The molecule has 3 saturated heterocycles. The van der Waals surface area contributed by atoms with Crippen molar-refractivity contribution < 1.29 is 48.6 Å². The average Bonchev–Trinajstić information content (AvgIpc) is 3.69. The Morgan fingerprint density at radius 3 is 2.53 bits per heavy atom. The summed E-state index contributed by atoms with van der Waals surface area (Å²) in [5.41, 5.74) is -6.01. The quantitative estimate of drug-likeness (QED) is 0.113. The number of allylic oxidation sites excluding steroid dienone is 3. The van der Waals surface area contributed by atoms with Gasteiger partial charge in [0.2, 0.25) is 0 Å². The van der Waals surface area contributed by atoms with Crippen molar-refractivity contribution in [2.45, 2.75) is 106 Å². The first-order chi connectivity index (χ1) is 22.4. The highest BCUT2D eigenvalue weighted by atomic mass is 16.9. The van der Waals surface area contributed by atoms with Crippen LogP contribution >= 0.6 is 0 Å². The third-order valence-corrected chi connectivity index (χ3v) is 11.5. The van der Waals surface area contributed by atoms with Crippen molar-refractivity contribution in [3.63, 3.8) is 0 Å². The van der Waals surface area contributed by atoms with Gasteiger partial charge in [-0.2, -0.15) is 0 Å². The fourth-order valence-corrected chi connectivity index (χ4v) is 9.24. The number of hydrogen-bond acceptors (Lipinski definition) is 10. The molecule has 4 unspecified atom stereocenters. The summed E-state index contributed by atoms with van der Waals surface area (Å²) in [6.45, 7) is 11.0. The zero-order chi connectivity index (χ0) is 33.6.